The minimum Gasteiger partial charge on any atom is -0.396 e. The number of hydrogen-bond donors (Lipinski definition) is 1. The summed E-state index contributed by atoms with van der Waals surface area (Å²) >= 11 is 0. The fourth-order valence-corrected chi connectivity index (χ4v) is 2.33. The van der Waals surface area contributed by atoms with Crippen LogP contribution in [0.5, 0.6) is 0 Å². The lowest BCUT2D eigenvalue weighted by molar-refractivity contribution is 0.629. The van der Waals surface area contributed by atoms with Crippen LogP contribution < -0.4 is 5.73 Å². The van der Waals surface area contributed by atoms with Crippen LogP contribution in [0.25, 0.3) is 22.4 Å². The van der Waals surface area contributed by atoms with Crippen molar-refractivity contribution in [1.82, 2.24) is 9.55 Å². The molecule has 3 rings (SSSR count). The predicted octanol–water partition coefficient (Wildman–Crippen LogP) is 3.58. The second kappa shape index (κ2) is 4.59. The molecule has 0 aliphatic heterocycles. The summed E-state index contributed by atoms with van der Waals surface area (Å²) in [7, 11) is 0. The lowest BCUT2D eigenvalue weighted by Gasteiger charge is -2.07. The Morgan fingerprint density at radius 1 is 1.15 bits per heavy atom. The Morgan fingerprint density at radius 2 is 1.95 bits per heavy atom. The van der Waals surface area contributed by atoms with Gasteiger partial charge in [0.25, 0.3) is 0 Å². The summed E-state index contributed by atoms with van der Waals surface area (Å²) in [5.74, 6) is -0.137. The maximum atomic E-state index is 13.3. The molecule has 2 N–H and O–H groups in total. The van der Waals surface area contributed by atoms with Crippen molar-refractivity contribution < 1.29 is 8.78 Å². The Morgan fingerprint density at radius 3 is 2.65 bits per heavy atom. The number of nitrogens with zero attached hydrogens (tertiary/aromatic N) is 2. The third-order valence-corrected chi connectivity index (χ3v) is 3.28. The van der Waals surface area contributed by atoms with Crippen molar-refractivity contribution in [2.75, 3.05) is 5.73 Å². The Labute approximate surface area is 114 Å². The lowest BCUT2D eigenvalue weighted by atomic mass is 10.2. The van der Waals surface area contributed by atoms with Gasteiger partial charge in [-0.05, 0) is 37.3 Å². The highest BCUT2D eigenvalue weighted by Crippen LogP contribution is 2.27. The molecule has 0 saturated carbocycles. The van der Waals surface area contributed by atoms with Gasteiger partial charge in [-0.15, -0.1) is 0 Å². The molecular formula is C15H13F2N3. The monoisotopic (exact) mass is 273 g/mol. The van der Waals surface area contributed by atoms with Crippen LogP contribution in [0.3, 0.4) is 0 Å². The Balaban J connectivity index is 2.26. The number of aryl methyl sites for hydroxylation is 1. The molecule has 0 aliphatic carbocycles. The summed E-state index contributed by atoms with van der Waals surface area (Å²) in [5, 5.41) is 0. The van der Waals surface area contributed by atoms with Crippen LogP contribution >= 0.6 is 0 Å². The molecule has 0 fully saturated rings. The van der Waals surface area contributed by atoms with Gasteiger partial charge in [0.05, 0.1) is 16.7 Å². The quantitative estimate of drug-likeness (QED) is 0.725. The number of fused-ring (bicyclic) bond motifs is 1. The second-order valence-corrected chi connectivity index (χ2v) is 4.55. The van der Waals surface area contributed by atoms with Crippen molar-refractivity contribution in [2.45, 2.75) is 13.5 Å². The van der Waals surface area contributed by atoms with Crippen LogP contribution in [-0.2, 0) is 6.54 Å². The molecule has 0 unspecified atom stereocenters. The van der Waals surface area contributed by atoms with Gasteiger partial charge in [-0.3, -0.25) is 0 Å². The van der Waals surface area contributed by atoms with E-state index in [0.717, 1.165) is 5.52 Å². The molecule has 0 aliphatic rings. The molecule has 2 aromatic carbocycles. The Kier molecular flexibility index (Phi) is 2.89. The fraction of sp³-hybridized carbons (Fsp3) is 0.133. The summed E-state index contributed by atoms with van der Waals surface area (Å²) in [6.45, 7) is 2.65. The number of aromatic nitrogens is 2. The average Bonchev–Trinajstić information content (AvgIpc) is 2.79. The molecule has 0 radical (unpaired) electrons. The van der Waals surface area contributed by atoms with E-state index in [1.165, 1.54) is 18.2 Å². The number of benzene rings is 2. The van der Waals surface area contributed by atoms with E-state index in [1.807, 2.05) is 11.5 Å². The number of imidazole rings is 1. The zero-order valence-electron chi connectivity index (χ0n) is 10.9. The molecule has 0 saturated heterocycles. The molecule has 0 atom stereocenters. The predicted molar refractivity (Wildman–Crippen MR) is 75.2 cm³/mol. The van der Waals surface area contributed by atoms with Gasteiger partial charge in [0.2, 0.25) is 0 Å². The third kappa shape index (κ3) is 1.91. The maximum absolute atomic E-state index is 13.3. The highest BCUT2D eigenvalue weighted by Gasteiger charge is 2.13. The van der Waals surface area contributed by atoms with Crippen LogP contribution in [0.4, 0.5) is 14.5 Å². The van der Waals surface area contributed by atoms with Gasteiger partial charge < -0.3 is 10.3 Å². The molecule has 102 valence electrons. The molecule has 1 aromatic heterocycles. The number of nitrogens with two attached hydrogens (primary N) is 1. The van der Waals surface area contributed by atoms with E-state index in [1.54, 1.807) is 18.2 Å². The van der Waals surface area contributed by atoms with E-state index < -0.39 is 5.82 Å². The summed E-state index contributed by atoms with van der Waals surface area (Å²) in [5.41, 5.74) is 7.79. The molecule has 0 amide bonds. The molecular weight excluding hydrogens is 260 g/mol. The molecule has 20 heavy (non-hydrogen) atoms. The van der Waals surface area contributed by atoms with Gasteiger partial charge in [0.15, 0.2) is 0 Å². The van der Waals surface area contributed by atoms with Crippen molar-refractivity contribution in [3.05, 3.63) is 48.0 Å². The van der Waals surface area contributed by atoms with Gasteiger partial charge >= 0.3 is 0 Å². The van der Waals surface area contributed by atoms with E-state index in [0.29, 0.717) is 23.4 Å². The summed E-state index contributed by atoms with van der Waals surface area (Å²) < 4.78 is 28.5. The van der Waals surface area contributed by atoms with Gasteiger partial charge in [0.1, 0.15) is 17.5 Å². The SMILES string of the molecule is CCn1c(-c2ccc(F)c(N)c2)nc2cc(F)ccc21. The lowest BCUT2D eigenvalue weighted by Crippen LogP contribution is -1.99. The largest absolute Gasteiger partial charge is 0.396 e. The Bertz CT molecular complexity index is 793. The highest BCUT2D eigenvalue weighted by molar-refractivity contribution is 5.81. The van der Waals surface area contributed by atoms with Crippen molar-refractivity contribution in [2.24, 2.45) is 0 Å². The summed E-state index contributed by atoms with van der Waals surface area (Å²) in [6.07, 6.45) is 0. The number of halogens is 2. The molecule has 0 bridgehead atoms. The van der Waals surface area contributed by atoms with E-state index in [-0.39, 0.29) is 11.5 Å². The van der Waals surface area contributed by atoms with Crippen LogP contribution in [0, 0.1) is 11.6 Å². The van der Waals surface area contributed by atoms with Gasteiger partial charge in [0, 0.05) is 18.2 Å². The molecule has 3 nitrogen and oxygen atoms in total. The van der Waals surface area contributed by atoms with Crippen molar-refractivity contribution >= 4 is 16.7 Å². The zero-order valence-corrected chi connectivity index (χ0v) is 10.9. The molecule has 3 aromatic rings. The van der Waals surface area contributed by atoms with Gasteiger partial charge in [-0.1, -0.05) is 0 Å². The van der Waals surface area contributed by atoms with Crippen molar-refractivity contribution in [3.63, 3.8) is 0 Å². The minimum atomic E-state index is -0.459. The molecule has 5 heteroatoms. The van der Waals surface area contributed by atoms with Crippen LogP contribution in [0.1, 0.15) is 6.92 Å². The second-order valence-electron chi connectivity index (χ2n) is 4.55. The van der Waals surface area contributed by atoms with Crippen LogP contribution in [0.2, 0.25) is 0 Å². The number of nitrogen functional groups attached to an aromatic ring is 1. The number of hydrogen-bond acceptors (Lipinski definition) is 2. The zero-order chi connectivity index (χ0) is 14.3. The first-order chi connectivity index (χ1) is 9.60. The topological polar surface area (TPSA) is 43.8 Å². The number of rotatable bonds is 2. The van der Waals surface area contributed by atoms with Crippen molar-refractivity contribution in [3.8, 4) is 11.4 Å². The fourth-order valence-electron chi connectivity index (χ4n) is 2.33. The highest BCUT2D eigenvalue weighted by atomic mass is 19.1. The first kappa shape index (κ1) is 12.6. The minimum absolute atomic E-state index is 0.0726. The van der Waals surface area contributed by atoms with Gasteiger partial charge in [-0.25, -0.2) is 13.8 Å². The summed E-state index contributed by atoms with van der Waals surface area (Å²) in [4.78, 5) is 4.43. The molecule has 0 spiro atoms. The average molecular weight is 273 g/mol. The first-order valence-electron chi connectivity index (χ1n) is 6.31. The Hall–Kier alpha value is -2.43. The van der Waals surface area contributed by atoms with E-state index >= 15 is 0 Å². The normalized spacial score (nSPS) is 11.2. The van der Waals surface area contributed by atoms with Crippen molar-refractivity contribution in [1.29, 1.82) is 0 Å². The number of anilines is 1. The first-order valence-corrected chi connectivity index (χ1v) is 6.31. The third-order valence-electron chi connectivity index (χ3n) is 3.28. The van der Waals surface area contributed by atoms with E-state index in [9.17, 15) is 8.78 Å². The molecule has 1 heterocycles. The van der Waals surface area contributed by atoms with E-state index in [4.69, 9.17) is 5.73 Å². The van der Waals surface area contributed by atoms with E-state index in [2.05, 4.69) is 4.98 Å². The van der Waals surface area contributed by atoms with Crippen LogP contribution in [0.15, 0.2) is 36.4 Å². The standard InChI is InChI=1S/C15H13F2N3/c1-2-20-14-6-4-10(16)8-13(14)19-15(20)9-3-5-11(17)12(18)7-9/h3-8H,2,18H2,1H3. The van der Waals surface area contributed by atoms with Crippen LogP contribution in [-0.4, -0.2) is 9.55 Å². The van der Waals surface area contributed by atoms with Gasteiger partial charge in [-0.2, -0.15) is 0 Å². The smallest absolute Gasteiger partial charge is 0.146 e. The maximum Gasteiger partial charge on any atom is 0.146 e. The summed E-state index contributed by atoms with van der Waals surface area (Å²) in [6, 6.07) is 8.95.